The third kappa shape index (κ3) is 5.71. The standard InChI is InChI=1S/C22H25N3O6S/c1-15(26)16-5-7-20(8-6-16)32(29,30)25-11-9-17(10-12-25)22(28)24-18-3-2-4-19(13-18)31-14-21(23)27/h2-8,13,17H,9-12,14H2,1H3,(H2,23,27)(H,24,28). The average Bonchev–Trinajstić information content (AvgIpc) is 2.78. The van der Waals surface area contributed by atoms with E-state index in [1.54, 1.807) is 24.3 Å². The number of carbonyl (C=O) groups is 3. The molecule has 10 heteroatoms. The molecule has 2 aromatic rings. The smallest absolute Gasteiger partial charge is 0.255 e. The summed E-state index contributed by atoms with van der Waals surface area (Å²) in [5.41, 5.74) is 6.02. The lowest BCUT2D eigenvalue weighted by Gasteiger charge is -2.30. The minimum atomic E-state index is -3.70. The minimum Gasteiger partial charge on any atom is -0.484 e. The number of nitrogens with zero attached hydrogens (tertiary/aromatic N) is 1. The van der Waals surface area contributed by atoms with Crippen molar-refractivity contribution < 1.29 is 27.5 Å². The number of rotatable bonds is 8. The molecular formula is C22H25N3O6S. The lowest BCUT2D eigenvalue weighted by molar-refractivity contribution is -0.121. The maximum Gasteiger partial charge on any atom is 0.255 e. The summed E-state index contributed by atoms with van der Waals surface area (Å²) in [5.74, 6) is -0.878. The Morgan fingerprint density at radius 3 is 2.34 bits per heavy atom. The van der Waals surface area contributed by atoms with Crippen LogP contribution in [0.25, 0.3) is 0 Å². The van der Waals surface area contributed by atoms with Gasteiger partial charge in [-0.3, -0.25) is 14.4 Å². The number of hydrogen-bond acceptors (Lipinski definition) is 6. The molecule has 2 amide bonds. The monoisotopic (exact) mass is 459 g/mol. The number of piperidine rings is 1. The average molecular weight is 460 g/mol. The predicted octanol–water partition coefficient (Wildman–Crippen LogP) is 1.79. The Morgan fingerprint density at radius 1 is 1.09 bits per heavy atom. The Labute approximate surface area is 186 Å². The number of carbonyl (C=O) groups excluding carboxylic acids is 3. The number of Topliss-reactive ketones (excluding diaryl/α,β-unsaturated/α-hetero) is 1. The zero-order chi connectivity index (χ0) is 23.3. The van der Waals surface area contributed by atoms with Crippen LogP contribution in [0.15, 0.2) is 53.4 Å². The van der Waals surface area contributed by atoms with Gasteiger partial charge in [0.1, 0.15) is 5.75 Å². The summed E-state index contributed by atoms with van der Waals surface area (Å²) in [5, 5.41) is 2.81. The molecule has 3 N–H and O–H groups in total. The van der Waals surface area contributed by atoms with Gasteiger partial charge in [-0.1, -0.05) is 18.2 Å². The van der Waals surface area contributed by atoms with Crippen molar-refractivity contribution in [2.24, 2.45) is 11.7 Å². The second-order valence-corrected chi connectivity index (χ2v) is 9.47. The zero-order valence-electron chi connectivity index (χ0n) is 17.6. The summed E-state index contributed by atoms with van der Waals surface area (Å²) in [6.07, 6.45) is 0.767. The van der Waals surface area contributed by atoms with Gasteiger partial charge in [0.05, 0.1) is 4.90 Å². The third-order valence-corrected chi connectivity index (χ3v) is 7.12. The van der Waals surface area contributed by atoms with Gasteiger partial charge < -0.3 is 15.8 Å². The molecule has 1 saturated heterocycles. The van der Waals surface area contributed by atoms with Crippen LogP contribution in [0.5, 0.6) is 5.75 Å². The lowest BCUT2D eigenvalue weighted by Crippen LogP contribution is -2.41. The van der Waals surface area contributed by atoms with Gasteiger partial charge in [0.2, 0.25) is 15.9 Å². The number of amides is 2. The van der Waals surface area contributed by atoms with Crippen LogP contribution in [0.4, 0.5) is 5.69 Å². The van der Waals surface area contributed by atoms with E-state index in [4.69, 9.17) is 10.5 Å². The normalized spacial score (nSPS) is 15.2. The maximum atomic E-state index is 12.9. The van der Waals surface area contributed by atoms with E-state index in [9.17, 15) is 22.8 Å². The van der Waals surface area contributed by atoms with Gasteiger partial charge in [0, 0.05) is 36.3 Å². The molecule has 1 aliphatic heterocycles. The first kappa shape index (κ1) is 23.4. The van der Waals surface area contributed by atoms with Crippen molar-refractivity contribution in [2.45, 2.75) is 24.7 Å². The fraction of sp³-hybridized carbons (Fsp3) is 0.318. The van der Waals surface area contributed by atoms with Crippen molar-refractivity contribution >= 4 is 33.3 Å². The second-order valence-electron chi connectivity index (χ2n) is 7.53. The molecule has 1 heterocycles. The summed E-state index contributed by atoms with van der Waals surface area (Å²) < 4.78 is 32.3. The maximum absolute atomic E-state index is 12.9. The van der Waals surface area contributed by atoms with Crippen LogP contribution in [-0.4, -0.2) is 50.0 Å². The van der Waals surface area contributed by atoms with Crippen LogP contribution in [0.1, 0.15) is 30.1 Å². The Bertz CT molecular complexity index is 1110. The number of primary amides is 1. The summed E-state index contributed by atoms with van der Waals surface area (Å²) >= 11 is 0. The number of hydrogen-bond donors (Lipinski definition) is 2. The van der Waals surface area contributed by atoms with E-state index >= 15 is 0 Å². The van der Waals surface area contributed by atoms with Gasteiger partial charge in [-0.25, -0.2) is 8.42 Å². The van der Waals surface area contributed by atoms with Crippen molar-refractivity contribution in [2.75, 3.05) is 25.0 Å². The van der Waals surface area contributed by atoms with Crippen LogP contribution < -0.4 is 15.8 Å². The largest absolute Gasteiger partial charge is 0.484 e. The molecule has 32 heavy (non-hydrogen) atoms. The van der Waals surface area contributed by atoms with Gasteiger partial charge in [-0.15, -0.1) is 0 Å². The molecule has 0 aromatic heterocycles. The molecule has 0 spiro atoms. The number of anilines is 1. The van der Waals surface area contributed by atoms with Gasteiger partial charge in [-0.2, -0.15) is 4.31 Å². The molecule has 0 radical (unpaired) electrons. The number of ketones is 1. The first-order valence-electron chi connectivity index (χ1n) is 10.1. The quantitative estimate of drug-likeness (QED) is 0.578. The molecule has 170 valence electrons. The van der Waals surface area contributed by atoms with Gasteiger partial charge in [-0.05, 0) is 44.0 Å². The number of sulfonamides is 1. The second kappa shape index (κ2) is 9.92. The fourth-order valence-corrected chi connectivity index (χ4v) is 4.90. The number of benzene rings is 2. The topological polar surface area (TPSA) is 136 Å². The Balaban J connectivity index is 1.58. The van der Waals surface area contributed by atoms with Crippen molar-refractivity contribution in [3.05, 3.63) is 54.1 Å². The number of nitrogens with two attached hydrogens (primary N) is 1. The predicted molar refractivity (Wildman–Crippen MR) is 118 cm³/mol. The van der Waals surface area contributed by atoms with E-state index in [-0.39, 0.29) is 42.2 Å². The van der Waals surface area contributed by atoms with Crippen molar-refractivity contribution in [3.8, 4) is 5.75 Å². The van der Waals surface area contributed by atoms with Crippen molar-refractivity contribution in [1.29, 1.82) is 0 Å². The molecule has 1 aliphatic rings. The van der Waals surface area contributed by atoms with E-state index in [0.717, 1.165) is 0 Å². The van der Waals surface area contributed by atoms with Crippen LogP contribution in [0.3, 0.4) is 0 Å². The molecule has 1 fully saturated rings. The van der Waals surface area contributed by atoms with Crippen LogP contribution >= 0.6 is 0 Å². The molecule has 0 aliphatic carbocycles. The Morgan fingerprint density at radius 2 is 1.75 bits per heavy atom. The van der Waals surface area contributed by atoms with Gasteiger partial charge >= 0.3 is 0 Å². The third-order valence-electron chi connectivity index (χ3n) is 5.21. The van der Waals surface area contributed by atoms with E-state index in [2.05, 4.69) is 5.32 Å². The van der Waals surface area contributed by atoms with Gasteiger partial charge in [0.15, 0.2) is 12.4 Å². The highest BCUT2D eigenvalue weighted by Gasteiger charge is 2.32. The Hall–Kier alpha value is -3.24. The van der Waals surface area contributed by atoms with Crippen LogP contribution in [0.2, 0.25) is 0 Å². The molecule has 3 rings (SSSR count). The van der Waals surface area contributed by atoms with Crippen molar-refractivity contribution in [3.63, 3.8) is 0 Å². The summed E-state index contributed by atoms with van der Waals surface area (Å²) in [6.45, 7) is 1.60. The molecule has 0 atom stereocenters. The Kier molecular flexibility index (Phi) is 7.26. The highest BCUT2D eigenvalue weighted by atomic mass is 32.2. The lowest BCUT2D eigenvalue weighted by atomic mass is 9.97. The van der Waals surface area contributed by atoms with E-state index < -0.39 is 15.9 Å². The summed E-state index contributed by atoms with van der Waals surface area (Å²) in [7, 11) is -3.70. The molecule has 0 bridgehead atoms. The highest BCUT2D eigenvalue weighted by molar-refractivity contribution is 7.89. The zero-order valence-corrected chi connectivity index (χ0v) is 18.4. The fourth-order valence-electron chi connectivity index (χ4n) is 3.43. The van der Waals surface area contributed by atoms with E-state index in [1.165, 1.54) is 35.5 Å². The van der Waals surface area contributed by atoms with E-state index in [0.29, 0.717) is 29.8 Å². The molecule has 0 saturated carbocycles. The van der Waals surface area contributed by atoms with Crippen molar-refractivity contribution in [1.82, 2.24) is 4.31 Å². The molecule has 2 aromatic carbocycles. The highest BCUT2D eigenvalue weighted by Crippen LogP contribution is 2.26. The molecule has 0 unspecified atom stereocenters. The molecular weight excluding hydrogens is 434 g/mol. The number of ether oxygens (including phenoxy) is 1. The minimum absolute atomic E-state index is 0.123. The van der Waals surface area contributed by atoms with Crippen LogP contribution in [0, 0.1) is 5.92 Å². The summed E-state index contributed by atoms with van der Waals surface area (Å²) in [6, 6.07) is 12.5. The van der Waals surface area contributed by atoms with Gasteiger partial charge in [0.25, 0.3) is 5.91 Å². The first-order chi connectivity index (χ1) is 15.2. The first-order valence-corrected chi connectivity index (χ1v) is 11.5. The number of nitrogens with one attached hydrogen (secondary N) is 1. The summed E-state index contributed by atoms with van der Waals surface area (Å²) in [4.78, 5) is 35.0. The SMILES string of the molecule is CC(=O)c1ccc(S(=O)(=O)N2CCC(C(=O)Nc3cccc(OCC(N)=O)c3)CC2)cc1. The van der Waals surface area contributed by atoms with Crippen LogP contribution in [-0.2, 0) is 19.6 Å². The molecule has 9 nitrogen and oxygen atoms in total. The van der Waals surface area contributed by atoms with E-state index in [1.807, 2.05) is 0 Å².